The first kappa shape index (κ1) is 14.3. The highest BCUT2D eigenvalue weighted by atomic mass is 16.5. The predicted octanol–water partition coefficient (Wildman–Crippen LogP) is 3.75. The van der Waals surface area contributed by atoms with Crippen molar-refractivity contribution >= 4 is 0 Å². The van der Waals surface area contributed by atoms with E-state index in [1.807, 2.05) is 0 Å². The van der Waals surface area contributed by atoms with Crippen LogP contribution in [0.4, 0.5) is 0 Å². The largest absolute Gasteiger partial charge is 0.381 e. The van der Waals surface area contributed by atoms with Gasteiger partial charge in [0.1, 0.15) is 0 Å². The van der Waals surface area contributed by atoms with Crippen LogP contribution in [0, 0.1) is 11.3 Å². The second-order valence-corrected chi connectivity index (χ2v) is 6.33. The van der Waals surface area contributed by atoms with Gasteiger partial charge in [-0.1, -0.05) is 26.7 Å². The Morgan fingerprint density at radius 2 is 2.00 bits per heavy atom. The van der Waals surface area contributed by atoms with E-state index in [4.69, 9.17) is 4.74 Å². The first-order chi connectivity index (χ1) is 8.82. The van der Waals surface area contributed by atoms with Crippen LogP contribution < -0.4 is 5.32 Å². The van der Waals surface area contributed by atoms with E-state index in [1.165, 1.54) is 57.9 Å². The lowest BCUT2D eigenvalue weighted by atomic mass is 9.70. The molecule has 2 aliphatic rings. The van der Waals surface area contributed by atoms with Gasteiger partial charge < -0.3 is 10.1 Å². The van der Waals surface area contributed by atoms with Crippen LogP contribution in [0.25, 0.3) is 0 Å². The van der Waals surface area contributed by atoms with Crippen LogP contribution in [0.5, 0.6) is 0 Å². The molecule has 2 unspecified atom stereocenters. The molecule has 0 amide bonds. The van der Waals surface area contributed by atoms with Gasteiger partial charge in [0, 0.05) is 12.6 Å². The quantitative estimate of drug-likeness (QED) is 0.778. The molecule has 2 nitrogen and oxygen atoms in total. The summed E-state index contributed by atoms with van der Waals surface area (Å²) < 4.78 is 5.75. The Bertz CT molecular complexity index is 229. The summed E-state index contributed by atoms with van der Waals surface area (Å²) in [5.41, 5.74) is 0.570. The van der Waals surface area contributed by atoms with Crippen LogP contribution in [0.3, 0.4) is 0 Å². The highest BCUT2D eigenvalue weighted by Crippen LogP contribution is 2.47. The minimum absolute atomic E-state index is 0.570. The lowest BCUT2D eigenvalue weighted by molar-refractivity contribution is 0.00674. The molecule has 1 aliphatic carbocycles. The molecular weight excluding hydrogens is 222 g/mol. The zero-order valence-corrected chi connectivity index (χ0v) is 12.3. The monoisotopic (exact) mass is 253 g/mol. The Hall–Kier alpha value is -0.0800. The molecule has 0 aromatic carbocycles. The average Bonchev–Trinajstić information content (AvgIpc) is 2.90. The smallest absolute Gasteiger partial charge is 0.0509 e. The highest BCUT2D eigenvalue weighted by Gasteiger charge is 2.43. The van der Waals surface area contributed by atoms with Crippen LogP contribution in [0.15, 0.2) is 0 Å². The van der Waals surface area contributed by atoms with Crippen LogP contribution in [0.1, 0.15) is 65.2 Å². The molecule has 2 atom stereocenters. The fraction of sp³-hybridized carbons (Fsp3) is 1.00. The molecule has 2 fully saturated rings. The fourth-order valence-corrected chi connectivity index (χ4v) is 4.18. The van der Waals surface area contributed by atoms with Gasteiger partial charge in [-0.2, -0.15) is 0 Å². The molecule has 0 bridgehead atoms. The second-order valence-electron chi connectivity index (χ2n) is 6.33. The molecule has 0 aromatic heterocycles. The van der Waals surface area contributed by atoms with Crippen LogP contribution in [-0.4, -0.2) is 25.8 Å². The fourth-order valence-electron chi connectivity index (χ4n) is 4.18. The molecule has 0 spiro atoms. The predicted molar refractivity (Wildman–Crippen MR) is 76.8 cm³/mol. The third-order valence-electron chi connectivity index (χ3n) is 5.24. The SMILES string of the molecule is CCCNC(C1CCCOC1)C1(CC)CCCC1. The van der Waals surface area contributed by atoms with Gasteiger partial charge in [-0.05, 0) is 56.4 Å². The third-order valence-corrected chi connectivity index (χ3v) is 5.24. The van der Waals surface area contributed by atoms with E-state index >= 15 is 0 Å². The number of nitrogens with one attached hydrogen (secondary N) is 1. The molecule has 1 N–H and O–H groups in total. The third kappa shape index (κ3) is 3.08. The summed E-state index contributed by atoms with van der Waals surface area (Å²) in [6, 6.07) is 0.699. The van der Waals surface area contributed by atoms with Crippen LogP contribution in [0.2, 0.25) is 0 Å². The summed E-state index contributed by atoms with van der Waals surface area (Å²) in [6.45, 7) is 7.81. The topological polar surface area (TPSA) is 21.3 Å². The van der Waals surface area contributed by atoms with Crippen molar-refractivity contribution in [3.05, 3.63) is 0 Å². The van der Waals surface area contributed by atoms with E-state index in [9.17, 15) is 0 Å². The standard InChI is InChI=1S/C16H31NO/c1-3-11-17-15(14-8-7-12-18-13-14)16(4-2)9-5-6-10-16/h14-15,17H,3-13H2,1-2H3. The molecule has 1 saturated heterocycles. The van der Waals surface area contributed by atoms with Gasteiger partial charge in [-0.25, -0.2) is 0 Å². The lowest BCUT2D eigenvalue weighted by Gasteiger charge is -2.43. The Morgan fingerprint density at radius 3 is 2.56 bits per heavy atom. The molecule has 1 aliphatic heterocycles. The van der Waals surface area contributed by atoms with Gasteiger partial charge in [0.15, 0.2) is 0 Å². The summed E-state index contributed by atoms with van der Waals surface area (Å²) in [5, 5.41) is 3.89. The Morgan fingerprint density at radius 1 is 1.22 bits per heavy atom. The van der Waals surface area contributed by atoms with Crippen molar-refractivity contribution in [1.82, 2.24) is 5.32 Å². The highest BCUT2D eigenvalue weighted by molar-refractivity contribution is 4.97. The van der Waals surface area contributed by atoms with Crippen molar-refractivity contribution in [1.29, 1.82) is 0 Å². The van der Waals surface area contributed by atoms with E-state index in [0.717, 1.165) is 19.1 Å². The summed E-state index contributed by atoms with van der Waals surface area (Å²) in [4.78, 5) is 0. The first-order valence-corrected chi connectivity index (χ1v) is 8.13. The molecule has 2 rings (SSSR count). The van der Waals surface area contributed by atoms with Gasteiger partial charge in [-0.15, -0.1) is 0 Å². The van der Waals surface area contributed by atoms with Gasteiger partial charge in [0.25, 0.3) is 0 Å². The number of ether oxygens (including phenoxy) is 1. The molecule has 106 valence electrons. The summed E-state index contributed by atoms with van der Waals surface area (Å²) in [7, 11) is 0. The van der Waals surface area contributed by atoms with Crippen molar-refractivity contribution in [2.75, 3.05) is 19.8 Å². The lowest BCUT2D eigenvalue weighted by Crippen LogP contribution is -2.51. The summed E-state index contributed by atoms with van der Waals surface area (Å²) in [5.74, 6) is 0.753. The maximum Gasteiger partial charge on any atom is 0.0509 e. The van der Waals surface area contributed by atoms with Crippen LogP contribution in [-0.2, 0) is 4.74 Å². The van der Waals surface area contributed by atoms with Gasteiger partial charge in [-0.3, -0.25) is 0 Å². The Kier molecular flexibility index (Phi) is 5.50. The maximum absolute atomic E-state index is 5.75. The Labute approximate surface area is 113 Å². The van der Waals surface area contributed by atoms with E-state index in [0.29, 0.717) is 11.5 Å². The molecule has 1 saturated carbocycles. The van der Waals surface area contributed by atoms with Gasteiger partial charge >= 0.3 is 0 Å². The summed E-state index contributed by atoms with van der Waals surface area (Å²) in [6.07, 6.45) is 10.9. The molecule has 18 heavy (non-hydrogen) atoms. The normalized spacial score (nSPS) is 29.3. The van der Waals surface area contributed by atoms with E-state index in [1.54, 1.807) is 0 Å². The zero-order chi connectivity index (χ0) is 12.8. The van der Waals surface area contributed by atoms with Crippen molar-refractivity contribution in [2.24, 2.45) is 11.3 Å². The van der Waals surface area contributed by atoms with E-state index < -0.39 is 0 Å². The minimum Gasteiger partial charge on any atom is -0.381 e. The van der Waals surface area contributed by atoms with E-state index in [2.05, 4.69) is 19.2 Å². The molecule has 0 aromatic rings. The van der Waals surface area contributed by atoms with Crippen molar-refractivity contribution in [3.8, 4) is 0 Å². The number of hydrogen-bond acceptors (Lipinski definition) is 2. The molecular formula is C16H31NO. The van der Waals surface area contributed by atoms with Gasteiger partial charge in [0.05, 0.1) is 6.61 Å². The van der Waals surface area contributed by atoms with Crippen LogP contribution >= 0.6 is 0 Å². The zero-order valence-electron chi connectivity index (χ0n) is 12.3. The van der Waals surface area contributed by atoms with Crippen molar-refractivity contribution < 1.29 is 4.74 Å². The number of rotatable bonds is 6. The van der Waals surface area contributed by atoms with Crippen molar-refractivity contribution in [2.45, 2.75) is 71.3 Å². The summed E-state index contributed by atoms with van der Waals surface area (Å²) >= 11 is 0. The average molecular weight is 253 g/mol. The van der Waals surface area contributed by atoms with E-state index in [-0.39, 0.29) is 0 Å². The van der Waals surface area contributed by atoms with Crippen molar-refractivity contribution in [3.63, 3.8) is 0 Å². The first-order valence-electron chi connectivity index (χ1n) is 8.13. The molecule has 2 heteroatoms. The maximum atomic E-state index is 5.75. The molecule has 1 heterocycles. The number of hydrogen-bond donors (Lipinski definition) is 1. The Balaban J connectivity index is 2.06. The molecule has 0 radical (unpaired) electrons. The second kappa shape index (κ2) is 6.91. The van der Waals surface area contributed by atoms with Gasteiger partial charge in [0.2, 0.25) is 0 Å². The minimum atomic E-state index is 0.570.